The molecular weight excluding hydrogens is 380 g/mol. The molecule has 6 heteroatoms. The first-order valence-electron chi connectivity index (χ1n) is 9.20. The molecule has 0 radical (unpaired) electrons. The van der Waals surface area contributed by atoms with Gasteiger partial charge in [0.05, 0.1) is 10.9 Å². The minimum Gasteiger partial charge on any atom is -0.378 e. The van der Waals surface area contributed by atoms with Crippen molar-refractivity contribution in [3.8, 4) is 0 Å². The van der Waals surface area contributed by atoms with Gasteiger partial charge in [-0.2, -0.15) is 0 Å². The van der Waals surface area contributed by atoms with Crippen LogP contribution in [0.4, 0.5) is 5.69 Å². The van der Waals surface area contributed by atoms with E-state index >= 15 is 0 Å². The molecule has 4 nitrogen and oxygen atoms in total. The van der Waals surface area contributed by atoms with Crippen LogP contribution in [0.2, 0.25) is 5.02 Å². The fourth-order valence-electron chi connectivity index (χ4n) is 4.12. The second-order valence-electron chi connectivity index (χ2n) is 7.55. The summed E-state index contributed by atoms with van der Waals surface area (Å²) in [5.74, 6) is 0.561. The number of fused-ring (bicyclic) bond motifs is 3. The zero-order valence-electron chi connectivity index (χ0n) is 15.3. The summed E-state index contributed by atoms with van der Waals surface area (Å²) in [7, 11) is -3.51. The van der Waals surface area contributed by atoms with Gasteiger partial charge in [0.1, 0.15) is 0 Å². The molecule has 3 unspecified atom stereocenters. The van der Waals surface area contributed by atoms with Crippen LogP contribution in [0.1, 0.15) is 43.4 Å². The van der Waals surface area contributed by atoms with Crippen LogP contribution in [0, 0.1) is 5.92 Å². The summed E-state index contributed by atoms with van der Waals surface area (Å²) < 4.78 is 27.8. The van der Waals surface area contributed by atoms with Gasteiger partial charge in [0.25, 0.3) is 0 Å². The van der Waals surface area contributed by atoms with Gasteiger partial charge in [0.15, 0.2) is 0 Å². The van der Waals surface area contributed by atoms with Crippen molar-refractivity contribution >= 4 is 27.3 Å². The molecule has 27 heavy (non-hydrogen) atoms. The highest BCUT2D eigenvalue weighted by atomic mass is 35.5. The maximum absolute atomic E-state index is 12.6. The summed E-state index contributed by atoms with van der Waals surface area (Å²) in [4.78, 5) is 0.320. The topological polar surface area (TPSA) is 58.2 Å². The lowest BCUT2D eigenvalue weighted by molar-refractivity contribution is 0.425. The highest BCUT2D eigenvalue weighted by Crippen LogP contribution is 2.50. The highest BCUT2D eigenvalue weighted by molar-refractivity contribution is 7.89. The smallest absolute Gasteiger partial charge is 0.240 e. The van der Waals surface area contributed by atoms with Crippen LogP contribution < -0.4 is 10.0 Å². The third kappa shape index (κ3) is 3.51. The molecule has 1 heterocycles. The van der Waals surface area contributed by atoms with Crippen molar-refractivity contribution in [1.29, 1.82) is 0 Å². The first kappa shape index (κ1) is 18.5. The molecule has 3 atom stereocenters. The molecule has 2 aliphatic rings. The zero-order chi connectivity index (χ0) is 19.2. The Kier molecular flexibility index (Phi) is 4.78. The lowest BCUT2D eigenvalue weighted by atomic mass is 9.77. The molecule has 142 valence electrons. The number of benzene rings is 2. The second kappa shape index (κ2) is 6.97. The van der Waals surface area contributed by atoms with Crippen LogP contribution in [-0.4, -0.2) is 14.5 Å². The number of hydrogen-bond acceptors (Lipinski definition) is 3. The minimum absolute atomic E-state index is 0.141. The first-order chi connectivity index (χ1) is 12.8. The Labute approximate surface area is 165 Å². The number of allylic oxidation sites excluding steroid dienone is 2. The first-order valence-corrected chi connectivity index (χ1v) is 11.1. The van der Waals surface area contributed by atoms with Crippen molar-refractivity contribution in [2.75, 3.05) is 5.32 Å². The summed E-state index contributed by atoms with van der Waals surface area (Å²) in [5.41, 5.74) is 3.23. The van der Waals surface area contributed by atoms with E-state index < -0.39 is 10.0 Å². The lowest BCUT2D eigenvalue weighted by Crippen LogP contribution is -2.31. The maximum Gasteiger partial charge on any atom is 0.240 e. The molecule has 0 saturated carbocycles. The number of rotatable bonds is 4. The van der Waals surface area contributed by atoms with E-state index in [0.29, 0.717) is 10.8 Å². The van der Waals surface area contributed by atoms with Gasteiger partial charge in [-0.3, -0.25) is 0 Å². The average Bonchev–Trinajstić information content (AvgIpc) is 3.10. The van der Waals surface area contributed by atoms with Crippen molar-refractivity contribution in [3.63, 3.8) is 0 Å². The molecule has 1 aliphatic carbocycles. The lowest BCUT2D eigenvalue weighted by Gasteiger charge is -2.37. The van der Waals surface area contributed by atoms with Crippen molar-refractivity contribution in [1.82, 2.24) is 4.72 Å². The van der Waals surface area contributed by atoms with E-state index in [4.69, 9.17) is 11.6 Å². The van der Waals surface area contributed by atoms with Crippen LogP contribution in [-0.2, 0) is 10.0 Å². The van der Waals surface area contributed by atoms with Crippen LogP contribution >= 0.6 is 11.6 Å². The SMILES string of the molecule is CC(C)NS(=O)(=O)c1ccc2c(c1)C1C=CCC1C(c1ccc(Cl)cc1)N2. The summed E-state index contributed by atoms with van der Waals surface area (Å²) in [5, 5.41) is 4.35. The number of anilines is 1. The number of sulfonamides is 1. The Hall–Kier alpha value is -1.82. The van der Waals surface area contributed by atoms with E-state index in [0.717, 1.165) is 22.7 Å². The van der Waals surface area contributed by atoms with Gasteiger partial charge in [-0.15, -0.1) is 0 Å². The summed E-state index contributed by atoms with van der Waals surface area (Å²) in [6, 6.07) is 13.4. The largest absolute Gasteiger partial charge is 0.378 e. The molecule has 0 aromatic heterocycles. The molecule has 0 bridgehead atoms. The molecule has 0 saturated heterocycles. The van der Waals surface area contributed by atoms with Crippen LogP contribution in [0.25, 0.3) is 0 Å². The van der Waals surface area contributed by atoms with Crippen molar-refractivity contribution in [3.05, 3.63) is 70.8 Å². The minimum atomic E-state index is -3.51. The quantitative estimate of drug-likeness (QED) is 0.718. The van der Waals surface area contributed by atoms with Gasteiger partial charge in [-0.25, -0.2) is 13.1 Å². The third-order valence-electron chi connectivity index (χ3n) is 5.26. The fraction of sp³-hybridized carbons (Fsp3) is 0.333. The normalized spacial score (nSPS) is 23.8. The van der Waals surface area contributed by atoms with Gasteiger partial charge in [0.2, 0.25) is 10.0 Å². The third-order valence-corrected chi connectivity index (χ3v) is 7.17. The van der Waals surface area contributed by atoms with Crippen molar-refractivity contribution < 1.29 is 8.42 Å². The Bertz CT molecular complexity index is 984. The molecule has 2 aromatic rings. The Morgan fingerprint density at radius 3 is 2.59 bits per heavy atom. The van der Waals surface area contributed by atoms with Gasteiger partial charge in [-0.1, -0.05) is 35.9 Å². The Balaban J connectivity index is 1.73. The molecular formula is C21H23ClN2O2S. The van der Waals surface area contributed by atoms with Crippen molar-refractivity contribution in [2.45, 2.75) is 43.2 Å². The van der Waals surface area contributed by atoms with Gasteiger partial charge < -0.3 is 5.32 Å². The van der Waals surface area contributed by atoms with Gasteiger partial charge in [-0.05, 0) is 67.6 Å². The van der Waals surface area contributed by atoms with Crippen molar-refractivity contribution in [2.24, 2.45) is 5.92 Å². The monoisotopic (exact) mass is 402 g/mol. The van der Waals surface area contributed by atoms with Crippen LogP contribution in [0.3, 0.4) is 0 Å². The summed E-state index contributed by atoms with van der Waals surface area (Å²) in [6.45, 7) is 3.65. The molecule has 4 rings (SSSR count). The van der Waals surface area contributed by atoms with Crippen LogP contribution in [0.15, 0.2) is 59.5 Å². The van der Waals surface area contributed by atoms with E-state index in [9.17, 15) is 8.42 Å². The van der Waals surface area contributed by atoms with E-state index in [1.54, 1.807) is 6.07 Å². The van der Waals surface area contributed by atoms with E-state index in [2.05, 4.69) is 34.3 Å². The fourth-order valence-corrected chi connectivity index (χ4v) is 5.53. The second-order valence-corrected chi connectivity index (χ2v) is 9.70. The standard InChI is InChI=1S/C21H23ClN2O2S/c1-13(2)24-27(25,26)16-10-11-20-19(12-16)17-4-3-5-18(17)21(23-20)14-6-8-15(22)9-7-14/h3-4,6-13,17-18,21,23-24H,5H2,1-2H3. The predicted molar refractivity (Wildman–Crippen MR) is 110 cm³/mol. The molecule has 2 aromatic carbocycles. The molecule has 0 fully saturated rings. The molecule has 2 N–H and O–H groups in total. The van der Waals surface area contributed by atoms with E-state index in [1.807, 2.05) is 38.1 Å². The number of hydrogen-bond donors (Lipinski definition) is 2. The Morgan fingerprint density at radius 1 is 1.15 bits per heavy atom. The average molecular weight is 403 g/mol. The number of halogens is 1. The van der Waals surface area contributed by atoms with Gasteiger partial charge >= 0.3 is 0 Å². The van der Waals surface area contributed by atoms with E-state index in [-0.39, 0.29) is 18.0 Å². The Morgan fingerprint density at radius 2 is 1.89 bits per heavy atom. The molecule has 0 spiro atoms. The zero-order valence-corrected chi connectivity index (χ0v) is 16.9. The summed E-state index contributed by atoms with van der Waals surface area (Å²) >= 11 is 6.04. The van der Waals surface area contributed by atoms with Gasteiger partial charge in [0, 0.05) is 22.7 Å². The predicted octanol–water partition coefficient (Wildman–Crippen LogP) is 4.85. The van der Waals surface area contributed by atoms with Crippen LogP contribution in [0.5, 0.6) is 0 Å². The number of nitrogens with one attached hydrogen (secondary N) is 2. The maximum atomic E-state index is 12.6. The molecule has 0 amide bonds. The summed E-state index contributed by atoms with van der Waals surface area (Å²) in [6.07, 6.45) is 5.37. The molecule has 1 aliphatic heterocycles. The highest BCUT2D eigenvalue weighted by Gasteiger charge is 2.38. The van der Waals surface area contributed by atoms with E-state index in [1.165, 1.54) is 5.56 Å².